The number of carbonyl (C=O) groups excluding carboxylic acids is 2. The minimum absolute atomic E-state index is 0.0366. The van der Waals surface area contributed by atoms with E-state index in [9.17, 15) is 9.59 Å². The zero-order valence-electron chi connectivity index (χ0n) is 18.5. The fourth-order valence-electron chi connectivity index (χ4n) is 4.91. The van der Waals surface area contributed by atoms with E-state index in [2.05, 4.69) is 13.0 Å². The minimum Gasteiger partial charge on any atom is -0.465 e. The zero-order valence-corrected chi connectivity index (χ0v) is 18.5. The zero-order chi connectivity index (χ0) is 22.2. The molecule has 6 heteroatoms. The topological polar surface area (TPSA) is 66.7 Å². The summed E-state index contributed by atoms with van der Waals surface area (Å²) in [6.45, 7) is 6.05. The summed E-state index contributed by atoms with van der Waals surface area (Å²) in [5.41, 5.74) is 4.63. The molecule has 2 aromatic heterocycles. The normalized spacial score (nSPS) is 19.9. The van der Waals surface area contributed by atoms with E-state index < -0.39 is 0 Å². The van der Waals surface area contributed by atoms with Gasteiger partial charge in [-0.2, -0.15) is 0 Å². The molecule has 1 fully saturated rings. The van der Waals surface area contributed by atoms with E-state index in [0.29, 0.717) is 32.1 Å². The molecule has 32 heavy (non-hydrogen) atoms. The first-order chi connectivity index (χ1) is 15.5. The highest BCUT2D eigenvalue weighted by molar-refractivity contribution is 6.09. The Kier molecular flexibility index (Phi) is 5.29. The van der Waals surface area contributed by atoms with Crippen molar-refractivity contribution in [1.82, 2.24) is 14.8 Å². The molecule has 6 nitrogen and oxygen atoms in total. The summed E-state index contributed by atoms with van der Waals surface area (Å²) >= 11 is 0. The third-order valence-electron chi connectivity index (χ3n) is 6.50. The second-order valence-electron chi connectivity index (χ2n) is 8.83. The van der Waals surface area contributed by atoms with Crippen molar-refractivity contribution < 1.29 is 14.0 Å². The number of pyridine rings is 1. The molecule has 1 aliphatic heterocycles. The number of benzene rings is 1. The van der Waals surface area contributed by atoms with Crippen LogP contribution in [0.25, 0.3) is 22.6 Å². The summed E-state index contributed by atoms with van der Waals surface area (Å²) < 4.78 is 5.56. The van der Waals surface area contributed by atoms with Crippen molar-refractivity contribution in [3.05, 3.63) is 65.2 Å². The van der Waals surface area contributed by atoms with Gasteiger partial charge in [-0.3, -0.25) is 9.59 Å². The molecule has 2 aliphatic rings. The highest BCUT2D eigenvalue weighted by Gasteiger charge is 2.31. The summed E-state index contributed by atoms with van der Waals surface area (Å²) in [5.74, 6) is 1.29. The smallest absolute Gasteiger partial charge is 0.255 e. The molecule has 3 heterocycles. The Morgan fingerprint density at radius 3 is 2.50 bits per heavy atom. The Labute approximate surface area is 187 Å². The maximum Gasteiger partial charge on any atom is 0.255 e. The Hall–Kier alpha value is -3.41. The number of nitrogens with zero attached hydrogens (tertiary/aromatic N) is 3. The van der Waals surface area contributed by atoms with Crippen LogP contribution in [0.2, 0.25) is 0 Å². The van der Waals surface area contributed by atoms with E-state index in [1.54, 1.807) is 18.1 Å². The predicted octanol–water partition coefficient (Wildman–Crippen LogP) is 4.26. The van der Waals surface area contributed by atoms with Gasteiger partial charge in [0.05, 0.1) is 23.0 Å². The van der Waals surface area contributed by atoms with Crippen LogP contribution < -0.4 is 0 Å². The standard InChI is InChI=1S/C26H27N3O3/c1-17-14-19(16-20-6-5-13-32-20)25-22(15-17)24(21-7-3-4-8-23(21)27-25)26(31)29-11-9-28(10-12-29)18(2)30/h3-8,13,16-17H,9-12,14-15H2,1-2H3. The Bertz CT molecular complexity index is 1200. The number of furan rings is 1. The van der Waals surface area contributed by atoms with Gasteiger partial charge in [-0.15, -0.1) is 0 Å². The summed E-state index contributed by atoms with van der Waals surface area (Å²) in [6.07, 6.45) is 5.43. The monoisotopic (exact) mass is 429 g/mol. The fourth-order valence-corrected chi connectivity index (χ4v) is 4.91. The minimum atomic E-state index is 0.0366. The van der Waals surface area contributed by atoms with Gasteiger partial charge in [-0.25, -0.2) is 4.98 Å². The van der Waals surface area contributed by atoms with E-state index in [1.807, 2.05) is 41.3 Å². The molecule has 2 amide bonds. The molecule has 5 rings (SSSR count). The fraction of sp³-hybridized carbons (Fsp3) is 0.346. The first-order valence-corrected chi connectivity index (χ1v) is 11.2. The van der Waals surface area contributed by atoms with E-state index in [1.165, 1.54) is 0 Å². The van der Waals surface area contributed by atoms with Gasteiger partial charge in [0, 0.05) is 38.5 Å². The van der Waals surface area contributed by atoms with Crippen molar-refractivity contribution in [1.29, 1.82) is 0 Å². The lowest BCUT2D eigenvalue weighted by Crippen LogP contribution is -2.50. The van der Waals surface area contributed by atoms with Gasteiger partial charge < -0.3 is 14.2 Å². The van der Waals surface area contributed by atoms with Gasteiger partial charge in [0.15, 0.2) is 0 Å². The van der Waals surface area contributed by atoms with Gasteiger partial charge in [-0.05, 0) is 54.2 Å². The highest BCUT2D eigenvalue weighted by Crippen LogP contribution is 2.39. The van der Waals surface area contributed by atoms with Gasteiger partial charge in [-0.1, -0.05) is 25.1 Å². The van der Waals surface area contributed by atoms with Crippen LogP contribution in [0.4, 0.5) is 0 Å². The maximum atomic E-state index is 13.8. The number of carbonyl (C=O) groups is 2. The largest absolute Gasteiger partial charge is 0.465 e. The number of hydrogen-bond acceptors (Lipinski definition) is 4. The lowest BCUT2D eigenvalue weighted by molar-refractivity contribution is -0.130. The number of fused-ring (bicyclic) bond motifs is 2. The average molecular weight is 430 g/mol. The van der Waals surface area contributed by atoms with Crippen molar-refractivity contribution in [3.63, 3.8) is 0 Å². The van der Waals surface area contributed by atoms with Crippen LogP contribution in [0.5, 0.6) is 0 Å². The number of para-hydroxylation sites is 1. The molecule has 1 atom stereocenters. The molecule has 1 aliphatic carbocycles. The van der Waals surface area contributed by atoms with Crippen LogP contribution in [0.15, 0.2) is 47.1 Å². The highest BCUT2D eigenvalue weighted by atomic mass is 16.3. The van der Waals surface area contributed by atoms with Crippen LogP contribution in [-0.4, -0.2) is 52.8 Å². The molecule has 0 N–H and O–H groups in total. The molecule has 1 aromatic carbocycles. The second kappa shape index (κ2) is 8.26. The first-order valence-electron chi connectivity index (χ1n) is 11.2. The molecule has 0 bridgehead atoms. The van der Waals surface area contributed by atoms with Crippen molar-refractivity contribution in [2.24, 2.45) is 5.92 Å². The Morgan fingerprint density at radius 2 is 1.78 bits per heavy atom. The molecule has 0 radical (unpaired) electrons. The molecule has 164 valence electrons. The molecular weight excluding hydrogens is 402 g/mol. The summed E-state index contributed by atoms with van der Waals surface area (Å²) in [6, 6.07) is 11.7. The number of rotatable bonds is 2. The molecule has 1 unspecified atom stereocenters. The van der Waals surface area contributed by atoms with E-state index in [-0.39, 0.29) is 11.8 Å². The maximum absolute atomic E-state index is 13.8. The number of amides is 2. The summed E-state index contributed by atoms with van der Waals surface area (Å²) in [7, 11) is 0. The lowest BCUT2D eigenvalue weighted by atomic mass is 9.80. The van der Waals surface area contributed by atoms with E-state index in [0.717, 1.165) is 51.9 Å². The van der Waals surface area contributed by atoms with E-state index >= 15 is 0 Å². The third kappa shape index (κ3) is 3.70. The number of allylic oxidation sites excluding steroid dienone is 1. The molecule has 0 saturated carbocycles. The number of piperazine rings is 1. The van der Waals surface area contributed by atoms with Crippen LogP contribution in [0, 0.1) is 5.92 Å². The second-order valence-corrected chi connectivity index (χ2v) is 8.83. The van der Waals surface area contributed by atoms with Gasteiger partial charge >= 0.3 is 0 Å². The van der Waals surface area contributed by atoms with Gasteiger partial charge in [0.25, 0.3) is 5.91 Å². The number of aromatic nitrogens is 1. The van der Waals surface area contributed by atoms with Crippen molar-refractivity contribution in [3.8, 4) is 0 Å². The number of hydrogen-bond donors (Lipinski definition) is 0. The Morgan fingerprint density at radius 1 is 1.03 bits per heavy atom. The van der Waals surface area contributed by atoms with Crippen LogP contribution in [0.3, 0.4) is 0 Å². The Balaban J connectivity index is 1.62. The van der Waals surface area contributed by atoms with Crippen LogP contribution >= 0.6 is 0 Å². The summed E-state index contributed by atoms with van der Waals surface area (Å²) in [4.78, 5) is 34.3. The van der Waals surface area contributed by atoms with Crippen molar-refractivity contribution in [2.75, 3.05) is 26.2 Å². The molecule has 1 saturated heterocycles. The molecular formula is C26H27N3O3. The molecule has 3 aromatic rings. The van der Waals surface area contributed by atoms with Gasteiger partial charge in [0.1, 0.15) is 5.76 Å². The van der Waals surface area contributed by atoms with Crippen molar-refractivity contribution >= 4 is 34.4 Å². The predicted molar refractivity (Wildman–Crippen MR) is 124 cm³/mol. The molecule has 0 spiro atoms. The van der Waals surface area contributed by atoms with E-state index in [4.69, 9.17) is 9.40 Å². The van der Waals surface area contributed by atoms with Crippen LogP contribution in [0.1, 0.15) is 47.6 Å². The lowest BCUT2D eigenvalue weighted by Gasteiger charge is -2.35. The van der Waals surface area contributed by atoms with Gasteiger partial charge in [0.2, 0.25) is 5.91 Å². The first kappa shape index (κ1) is 20.5. The quantitative estimate of drug-likeness (QED) is 0.611. The van der Waals surface area contributed by atoms with Crippen LogP contribution in [-0.2, 0) is 11.2 Å². The summed E-state index contributed by atoms with van der Waals surface area (Å²) in [5, 5.41) is 0.900. The SMILES string of the molecule is CC(=O)N1CCN(C(=O)c2c3c(nc4ccccc24)C(=Cc2ccco2)CC(C)C3)CC1. The average Bonchev–Trinajstić information content (AvgIpc) is 3.30. The van der Waals surface area contributed by atoms with Crippen molar-refractivity contribution in [2.45, 2.75) is 26.7 Å². The third-order valence-corrected chi connectivity index (χ3v) is 6.50.